The van der Waals surface area contributed by atoms with Gasteiger partial charge in [0.25, 0.3) is 0 Å². The van der Waals surface area contributed by atoms with Crippen LogP contribution < -0.4 is 0 Å². The minimum Gasteiger partial charge on any atom is -0.198 e. The zero-order valence-corrected chi connectivity index (χ0v) is 16.1. The minimum atomic E-state index is -0.465. The van der Waals surface area contributed by atoms with Gasteiger partial charge in [0.05, 0.1) is 36.4 Å². The molecular formula is C21H26N6. The molecule has 6 heteroatoms. The van der Waals surface area contributed by atoms with Gasteiger partial charge in [0.15, 0.2) is 0 Å². The third-order valence-corrected chi connectivity index (χ3v) is 4.93. The summed E-state index contributed by atoms with van der Waals surface area (Å²) < 4.78 is 0. The van der Waals surface area contributed by atoms with Crippen molar-refractivity contribution in [2.75, 3.05) is 0 Å². The first-order valence-electron chi connectivity index (χ1n) is 9.39. The quantitative estimate of drug-likeness (QED) is 0.496. The Morgan fingerprint density at radius 1 is 0.407 bits per heavy atom. The van der Waals surface area contributed by atoms with E-state index in [1.54, 1.807) is 0 Å². The summed E-state index contributed by atoms with van der Waals surface area (Å²) in [5.41, 5.74) is 0. The second-order valence-electron chi connectivity index (χ2n) is 6.95. The number of nitriles is 6. The van der Waals surface area contributed by atoms with E-state index in [2.05, 4.69) is 36.4 Å². The van der Waals surface area contributed by atoms with Crippen LogP contribution in [0, 0.1) is 103 Å². The van der Waals surface area contributed by atoms with Crippen molar-refractivity contribution in [1.29, 1.82) is 31.6 Å². The molecule has 0 heterocycles. The molecule has 0 N–H and O–H groups in total. The summed E-state index contributed by atoms with van der Waals surface area (Å²) in [6.45, 7) is 3.78. The molecule has 6 unspecified atom stereocenters. The van der Waals surface area contributed by atoms with Gasteiger partial charge in [-0.1, -0.05) is 13.8 Å². The van der Waals surface area contributed by atoms with Gasteiger partial charge in [0.1, 0.15) is 0 Å². The van der Waals surface area contributed by atoms with Crippen LogP contribution in [0.5, 0.6) is 0 Å². The van der Waals surface area contributed by atoms with Crippen LogP contribution in [0.3, 0.4) is 0 Å². The molecule has 0 rings (SSSR count). The van der Waals surface area contributed by atoms with Crippen LogP contribution in [0.4, 0.5) is 0 Å². The first kappa shape index (κ1) is 23.9. The van der Waals surface area contributed by atoms with Gasteiger partial charge in [-0.05, 0) is 44.9 Å². The first-order valence-corrected chi connectivity index (χ1v) is 9.39. The molecule has 0 fully saturated rings. The summed E-state index contributed by atoms with van der Waals surface area (Å²) in [6, 6.07) is 13.1. The van der Waals surface area contributed by atoms with Gasteiger partial charge >= 0.3 is 0 Å². The summed E-state index contributed by atoms with van der Waals surface area (Å²) in [7, 11) is 0. The van der Waals surface area contributed by atoms with Gasteiger partial charge < -0.3 is 0 Å². The van der Waals surface area contributed by atoms with E-state index in [4.69, 9.17) is 10.5 Å². The average Bonchev–Trinajstić information content (AvgIpc) is 2.71. The number of rotatable bonds is 12. The smallest absolute Gasteiger partial charge is 0.0656 e. The van der Waals surface area contributed by atoms with E-state index in [0.29, 0.717) is 44.9 Å². The van der Waals surface area contributed by atoms with Crippen LogP contribution in [-0.4, -0.2) is 0 Å². The maximum atomic E-state index is 9.43. The summed E-state index contributed by atoms with van der Waals surface area (Å²) >= 11 is 0. The molecule has 0 saturated carbocycles. The molecule has 0 aliphatic heterocycles. The molecule has 0 aliphatic carbocycles. The van der Waals surface area contributed by atoms with E-state index in [1.165, 1.54) is 0 Å². The lowest BCUT2D eigenvalue weighted by molar-refractivity contribution is 0.350. The van der Waals surface area contributed by atoms with Crippen LogP contribution in [0.2, 0.25) is 0 Å². The molecule has 0 aromatic rings. The van der Waals surface area contributed by atoms with Crippen molar-refractivity contribution in [3.63, 3.8) is 0 Å². The normalized spacial score (nSPS) is 16.4. The highest BCUT2D eigenvalue weighted by Crippen LogP contribution is 2.29. The Morgan fingerprint density at radius 2 is 0.593 bits per heavy atom. The molecule has 6 atom stereocenters. The SMILES string of the molecule is CCC(C#N)CC(C#N)CC(C#N)CC(C#N)CC(C#N)CC(C#N)CC. The maximum absolute atomic E-state index is 9.43. The molecule has 27 heavy (non-hydrogen) atoms. The van der Waals surface area contributed by atoms with E-state index in [0.717, 1.165) is 0 Å². The van der Waals surface area contributed by atoms with E-state index in [9.17, 15) is 21.0 Å². The first-order chi connectivity index (χ1) is 13.0. The minimum absolute atomic E-state index is 0.208. The highest BCUT2D eigenvalue weighted by molar-refractivity contribution is 5.00. The van der Waals surface area contributed by atoms with Crippen molar-refractivity contribution >= 4 is 0 Å². The summed E-state index contributed by atoms with van der Waals surface area (Å²) in [5, 5.41) is 55.7. The maximum Gasteiger partial charge on any atom is 0.0656 e. The molecule has 0 spiro atoms. The number of nitrogens with zero attached hydrogens (tertiary/aromatic N) is 6. The molecule has 0 radical (unpaired) electrons. The fraction of sp³-hybridized carbons (Fsp3) is 0.714. The van der Waals surface area contributed by atoms with Crippen molar-refractivity contribution in [2.45, 2.75) is 58.8 Å². The second-order valence-corrected chi connectivity index (χ2v) is 6.95. The molecule has 140 valence electrons. The van der Waals surface area contributed by atoms with E-state index in [-0.39, 0.29) is 11.8 Å². The molecule has 0 aliphatic rings. The monoisotopic (exact) mass is 362 g/mol. The topological polar surface area (TPSA) is 143 Å². The van der Waals surface area contributed by atoms with Crippen molar-refractivity contribution in [3.8, 4) is 36.4 Å². The molecule has 6 nitrogen and oxygen atoms in total. The molecule has 0 bridgehead atoms. The Balaban J connectivity index is 4.90. The lowest BCUT2D eigenvalue weighted by Gasteiger charge is -2.19. The fourth-order valence-corrected chi connectivity index (χ4v) is 3.15. The van der Waals surface area contributed by atoms with Crippen LogP contribution in [0.15, 0.2) is 0 Å². The summed E-state index contributed by atoms with van der Waals surface area (Å²) in [6.07, 6.45) is 3.14. The Morgan fingerprint density at radius 3 is 0.741 bits per heavy atom. The largest absolute Gasteiger partial charge is 0.198 e. The van der Waals surface area contributed by atoms with Gasteiger partial charge in [0, 0.05) is 35.5 Å². The molecule has 0 aromatic carbocycles. The lowest BCUT2D eigenvalue weighted by atomic mass is 9.81. The highest BCUT2D eigenvalue weighted by atomic mass is 14.4. The lowest BCUT2D eigenvalue weighted by Crippen LogP contribution is -2.16. The van der Waals surface area contributed by atoms with Crippen molar-refractivity contribution in [1.82, 2.24) is 0 Å². The molecule has 0 saturated heterocycles. The van der Waals surface area contributed by atoms with Crippen molar-refractivity contribution < 1.29 is 0 Å². The predicted molar refractivity (Wildman–Crippen MR) is 98.3 cm³/mol. The van der Waals surface area contributed by atoms with Crippen LogP contribution in [-0.2, 0) is 0 Å². The Bertz CT molecular complexity index is 627. The molecular weight excluding hydrogens is 336 g/mol. The zero-order chi connectivity index (χ0) is 20.7. The van der Waals surface area contributed by atoms with Gasteiger partial charge in [-0.15, -0.1) is 0 Å². The van der Waals surface area contributed by atoms with Crippen molar-refractivity contribution in [2.24, 2.45) is 35.5 Å². The van der Waals surface area contributed by atoms with Crippen LogP contribution >= 0.6 is 0 Å². The van der Waals surface area contributed by atoms with Crippen molar-refractivity contribution in [3.05, 3.63) is 0 Å². The van der Waals surface area contributed by atoms with Gasteiger partial charge in [-0.25, -0.2) is 0 Å². The number of hydrogen-bond donors (Lipinski definition) is 0. The average molecular weight is 362 g/mol. The summed E-state index contributed by atoms with van der Waals surface area (Å²) in [4.78, 5) is 0. The Labute approximate surface area is 162 Å². The van der Waals surface area contributed by atoms with E-state index in [1.807, 2.05) is 13.8 Å². The number of hydrogen-bond acceptors (Lipinski definition) is 6. The van der Waals surface area contributed by atoms with E-state index >= 15 is 0 Å². The fourth-order valence-electron chi connectivity index (χ4n) is 3.15. The Kier molecular flexibility index (Phi) is 12.5. The zero-order valence-electron chi connectivity index (χ0n) is 16.1. The third kappa shape index (κ3) is 9.27. The van der Waals surface area contributed by atoms with Crippen LogP contribution in [0.1, 0.15) is 58.8 Å². The van der Waals surface area contributed by atoms with Gasteiger partial charge in [-0.3, -0.25) is 0 Å². The second kappa shape index (κ2) is 14.1. The van der Waals surface area contributed by atoms with Crippen LogP contribution in [0.25, 0.3) is 0 Å². The predicted octanol–water partition coefficient (Wildman–Crippen LogP) is 4.60. The highest BCUT2D eigenvalue weighted by Gasteiger charge is 2.25. The Hall–Kier alpha value is -3.06. The van der Waals surface area contributed by atoms with E-state index < -0.39 is 23.7 Å². The summed E-state index contributed by atoms with van der Waals surface area (Å²) in [5.74, 6) is -2.14. The standard InChI is InChI=1S/C21H26N6/c1-3-16(10-22)5-18(12-24)7-20(14-26)9-21(15-27)8-19(13-25)6-17(4-2)11-23/h16-21H,3-9H2,1-2H3. The van der Waals surface area contributed by atoms with Gasteiger partial charge in [-0.2, -0.15) is 31.6 Å². The molecule has 0 aromatic heterocycles. The third-order valence-electron chi connectivity index (χ3n) is 4.93. The molecule has 0 amide bonds. The van der Waals surface area contributed by atoms with Gasteiger partial charge in [0.2, 0.25) is 0 Å².